The summed E-state index contributed by atoms with van der Waals surface area (Å²) in [4.78, 5) is 16.2. The number of carbonyl (C=O) groups is 1. The Kier molecular flexibility index (Phi) is 5.63. The number of hydrogen-bond acceptors (Lipinski definition) is 8. The Bertz CT molecular complexity index is 1220. The third-order valence-corrected chi connectivity index (χ3v) is 4.25. The Labute approximate surface area is 182 Å². The molecule has 2 aromatic heterocycles. The number of carbonyl (C=O) groups excluding carboxylic acids is 1. The van der Waals surface area contributed by atoms with Gasteiger partial charge < -0.3 is 9.26 Å². The first-order chi connectivity index (χ1) is 15.3. The molecule has 0 aliphatic carbocycles. The van der Waals surface area contributed by atoms with Crippen LogP contribution in [0.3, 0.4) is 0 Å². The maximum atomic E-state index is 14.5. The Hall–Kier alpha value is -4.15. The smallest absolute Gasteiger partial charge is 0.412 e. The Morgan fingerprint density at radius 3 is 2.53 bits per heavy atom. The van der Waals surface area contributed by atoms with Crippen LogP contribution in [0.1, 0.15) is 32.2 Å². The lowest BCUT2D eigenvalue weighted by Crippen LogP contribution is -2.27. The first-order valence-corrected chi connectivity index (χ1v) is 9.72. The molecule has 10 nitrogen and oxygen atoms in total. The zero-order valence-corrected chi connectivity index (χ0v) is 17.6. The number of nitrogens with zero attached hydrogens (tertiary/aromatic N) is 5. The zero-order valence-electron chi connectivity index (χ0n) is 17.6. The molecular weight excluding hydrogens is 417 g/mol. The number of hydrogen-bond donors (Lipinski definition) is 2. The molecule has 2 heterocycles. The van der Waals surface area contributed by atoms with Gasteiger partial charge in [0.2, 0.25) is 17.5 Å². The van der Waals surface area contributed by atoms with Gasteiger partial charge in [-0.1, -0.05) is 17.3 Å². The summed E-state index contributed by atoms with van der Waals surface area (Å²) in [7, 11) is 0. The van der Waals surface area contributed by atoms with E-state index in [9.17, 15) is 9.18 Å². The predicted molar refractivity (Wildman–Crippen MR) is 112 cm³/mol. The van der Waals surface area contributed by atoms with Crippen LogP contribution in [0.2, 0.25) is 0 Å². The zero-order chi connectivity index (χ0) is 22.7. The molecule has 0 saturated carbocycles. The van der Waals surface area contributed by atoms with Gasteiger partial charge in [0, 0.05) is 16.8 Å². The van der Waals surface area contributed by atoms with Crippen molar-refractivity contribution in [2.24, 2.45) is 0 Å². The van der Waals surface area contributed by atoms with Crippen molar-refractivity contribution in [1.29, 1.82) is 0 Å². The molecule has 164 valence electrons. The first kappa shape index (κ1) is 21.1. The van der Waals surface area contributed by atoms with Gasteiger partial charge >= 0.3 is 6.09 Å². The fourth-order valence-electron chi connectivity index (χ4n) is 2.84. The van der Waals surface area contributed by atoms with Crippen molar-refractivity contribution in [1.82, 2.24) is 30.8 Å². The van der Waals surface area contributed by atoms with Gasteiger partial charge in [-0.15, -0.1) is 10.2 Å². The monoisotopic (exact) mass is 437 g/mol. The third-order valence-electron chi connectivity index (χ3n) is 4.25. The molecule has 0 aliphatic rings. The fraction of sp³-hybridized carbons (Fsp3) is 0.238. The summed E-state index contributed by atoms with van der Waals surface area (Å²) in [5, 5.41) is 20.1. The van der Waals surface area contributed by atoms with Crippen molar-refractivity contribution in [3.63, 3.8) is 0 Å². The summed E-state index contributed by atoms with van der Waals surface area (Å²) >= 11 is 0. The third kappa shape index (κ3) is 5.12. The highest BCUT2D eigenvalue weighted by Gasteiger charge is 2.17. The highest BCUT2D eigenvalue weighted by atomic mass is 19.1. The van der Waals surface area contributed by atoms with Crippen LogP contribution in [0.15, 0.2) is 47.0 Å². The molecule has 2 N–H and O–H groups in total. The molecule has 0 fully saturated rings. The van der Waals surface area contributed by atoms with Crippen LogP contribution in [0.5, 0.6) is 0 Å². The summed E-state index contributed by atoms with van der Waals surface area (Å²) in [6.45, 7) is 5.37. The van der Waals surface area contributed by atoms with E-state index in [1.165, 1.54) is 6.07 Å². The summed E-state index contributed by atoms with van der Waals surface area (Å²) in [6.07, 6.45) is -0.414. The SMILES string of the molecule is CC(C)(C)OC(=O)Nc1ccc(-c2noc(Cc3ccc(-c4nn[nH]n4)cc3F)n2)cc1. The van der Waals surface area contributed by atoms with Gasteiger partial charge in [-0.05, 0) is 61.9 Å². The lowest BCUT2D eigenvalue weighted by Gasteiger charge is -2.19. The number of ether oxygens (including phenoxy) is 1. The van der Waals surface area contributed by atoms with Crippen molar-refractivity contribution in [2.75, 3.05) is 5.32 Å². The van der Waals surface area contributed by atoms with E-state index in [1.807, 2.05) is 0 Å². The molecule has 0 radical (unpaired) electrons. The van der Waals surface area contributed by atoms with Crippen molar-refractivity contribution >= 4 is 11.8 Å². The van der Waals surface area contributed by atoms with Crippen molar-refractivity contribution in [3.05, 3.63) is 59.7 Å². The normalized spacial score (nSPS) is 11.4. The predicted octanol–water partition coefficient (Wildman–Crippen LogP) is 3.99. The number of nitrogens with one attached hydrogen (secondary N) is 2. The van der Waals surface area contributed by atoms with E-state index in [0.29, 0.717) is 34.0 Å². The molecule has 0 saturated heterocycles. The second-order valence-corrected chi connectivity index (χ2v) is 7.93. The number of anilines is 1. The van der Waals surface area contributed by atoms with Crippen LogP contribution in [0.25, 0.3) is 22.8 Å². The van der Waals surface area contributed by atoms with Gasteiger partial charge in [0.1, 0.15) is 11.4 Å². The van der Waals surface area contributed by atoms with Crippen molar-refractivity contribution in [2.45, 2.75) is 32.8 Å². The summed E-state index contributed by atoms with van der Waals surface area (Å²) in [6, 6.07) is 11.5. The number of tetrazole rings is 1. The molecule has 4 aromatic rings. The Morgan fingerprint density at radius 2 is 1.88 bits per heavy atom. The average Bonchev–Trinajstić information content (AvgIpc) is 3.41. The summed E-state index contributed by atoms with van der Waals surface area (Å²) < 4.78 is 25.0. The van der Waals surface area contributed by atoms with Gasteiger partial charge in [-0.3, -0.25) is 5.32 Å². The number of aromatic amines is 1. The number of rotatable bonds is 5. The number of halogens is 1. The van der Waals surface area contributed by atoms with Crippen LogP contribution in [0, 0.1) is 5.82 Å². The molecule has 4 rings (SSSR count). The number of aromatic nitrogens is 6. The van der Waals surface area contributed by atoms with E-state index in [4.69, 9.17) is 9.26 Å². The molecule has 0 bridgehead atoms. The second-order valence-electron chi connectivity index (χ2n) is 7.93. The molecular formula is C21H20FN7O3. The largest absolute Gasteiger partial charge is 0.444 e. The Balaban J connectivity index is 1.42. The van der Waals surface area contributed by atoms with Crippen LogP contribution in [-0.2, 0) is 11.2 Å². The molecule has 1 amide bonds. The molecule has 2 aromatic carbocycles. The van der Waals surface area contributed by atoms with E-state index in [0.717, 1.165) is 0 Å². The summed E-state index contributed by atoms with van der Waals surface area (Å²) in [5.74, 6) is 0.486. The summed E-state index contributed by atoms with van der Waals surface area (Å²) in [5.41, 5.74) is 1.56. The Morgan fingerprint density at radius 1 is 1.12 bits per heavy atom. The molecule has 0 atom stereocenters. The van der Waals surface area contributed by atoms with Gasteiger partial charge in [-0.25, -0.2) is 9.18 Å². The topological polar surface area (TPSA) is 132 Å². The highest BCUT2D eigenvalue weighted by molar-refractivity contribution is 5.85. The molecule has 32 heavy (non-hydrogen) atoms. The van der Waals surface area contributed by atoms with Crippen LogP contribution < -0.4 is 5.32 Å². The fourth-order valence-corrected chi connectivity index (χ4v) is 2.84. The number of benzene rings is 2. The number of H-pyrrole nitrogens is 1. The van der Waals surface area contributed by atoms with Crippen LogP contribution in [0.4, 0.5) is 14.9 Å². The highest BCUT2D eigenvalue weighted by Crippen LogP contribution is 2.22. The minimum absolute atomic E-state index is 0.129. The maximum absolute atomic E-state index is 14.5. The lowest BCUT2D eigenvalue weighted by atomic mass is 10.1. The quantitative estimate of drug-likeness (QED) is 0.479. The van der Waals surface area contributed by atoms with E-state index in [1.54, 1.807) is 57.2 Å². The second kappa shape index (κ2) is 8.53. The first-order valence-electron chi connectivity index (χ1n) is 9.72. The van der Waals surface area contributed by atoms with Gasteiger partial charge in [0.05, 0.1) is 6.42 Å². The molecule has 0 aliphatic heterocycles. The van der Waals surface area contributed by atoms with Gasteiger partial charge in [0.15, 0.2) is 0 Å². The maximum Gasteiger partial charge on any atom is 0.412 e. The van der Waals surface area contributed by atoms with E-state index in [2.05, 4.69) is 36.1 Å². The van der Waals surface area contributed by atoms with E-state index >= 15 is 0 Å². The van der Waals surface area contributed by atoms with Crippen LogP contribution in [-0.4, -0.2) is 42.5 Å². The van der Waals surface area contributed by atoms with Gasteiger partial charge in [-0.2, -0.15) is 10.2 Å². The van der Waals surface area contributed by atoms with Crippen LogP contribution >= 0.6 is 0 Å². The lowest BCUT2D eigenvalue weighted by molar-refractivity contribution is 0.0636. The minimum Gasteiger partial charge on any atom is -0.444 e. The number of amides is 1. The van der Waals surface area contributed by atoms with E-state index in [-0.39, 0.29) is 12.3 Å². The molecule has 0 unspecified atom stereocenters. The average molecular weight is 437 g/mol. The van der Waals surface area contributed by atoms with E-state index < -0.39 is 17.5 Å². The molecule has 0 spiro atoms. The minimum atomic E-state index is -0.585. The standard InChI is InChI=1S/C21H20FN7O3/c1-21(2,3)31-20(30)23-15-8-6-12(7-9-15)18-24-17(32-27-18)11-13-4-5-14(10-16(13)22)19-25-28-29-26-19/h4-10H,11H2,1-3H3,(H,23,30)(H,25,26,28,29). The van der Waals surface area contributed by atoms with Crippen molar-refractivity contribution < 1.29 is 18.4 Å². The van der Waals surface area contributed by atoms with Crippen molar-refractivity contribution in [3.8, 4) is 22.8 Å². The molecule has 11 heteroatoms. The van der Waals surface area contributed by atoms with Gasteiger partial charge in [0.25, 0.3) is 0 Å².